The second-order valence-corrected chi connectivity index (χ2v) is 6.02. The van der Waals surface area contributed by atoms with E-state index in [1.165, 1.54) is 23.2 Å². The third-order valence-corrected chi connectivity index (χ3v) is 4.30. The van der Waals surface area contributed by atoms with Crippen LogP contribution in [0.1, 0.15) is 41.0 Å². The van der Waals surface area contributed by atoms with E-state index >= 15 is 0 Å². The minimum Gasteiger partial charge on any atom is -0.304 e. The third kappa shape index (κ3) is 3.15. The molecule has 4 rings (SSSR count). The number of amides is 1. The monoisotopic (exact) mass is 340 g/mol. The van der Waals surface area contributed by atoms with Crippen LogP contribution in [-0.4, -0.2) is 30.9 Å². The molecular weight excluding hydrogens is 323 g/mol. The summed E-state index contributed by atoms with van der Waals surface area (Å²) < 4.78 is 14.4. The molecule has 0 saturated carbocycles. The first-order chi connectivity index (χ1) is 12.2. The first kappa shape index (κ1) is 15.5. The molecule has 0 fully saturated rings. The van der Waals surface area contributed by atoms with Crippen LogP contribution in [0.5, 0.6) is 0 Å². The van der Waals surface area contributed by atoms with E-state index in [-0.39, 0.29) is 5.91 Å². The minimum atomic E-state index is -0.413. The van der Waals surface area contributed by atoms with Crippen molar-refractivity contribution in [3.63, 3.8) is 0 Å². The largest absolute Gasteiger partial charge is 0.304 e. The Hall–Kier alpha value is -3.03. The number of anilines is 1. The topological polar surface area (TPSA) is 88.5 Å². The lowest BCUT2D eigenvalue weighted by Crippen LogP contribution is -2.15. The van der Waals surface area contributed by atoms with Gasteiger partial charge in [-0.3, -0.25) is 9.89 Å². The van der Waals surface area contributed by atoms with E-state index < -0.39 is 5.82 Å². The van der Waals surface area contributed by atoms with E-state index in [1.807, 2.05) is 0 Å². The molecule has 3 heterocycles. The normalized spacial score (nSPS) is 14.0. The van der Waals surface area contributed by atoms with E-state index in [0.29, 0.717) is 17.3 Å². The quantitative estimate of drug-likeness (QED) is 0.718. The van der Waals surface area contributed by atoms with E-state index in [2.05, 4.69) is 25.6 Å². The fourth-order valence-electron chi connectivity index (χ4n) is 3.04. The summed E-state index contributed by atoms with van der Waals surface area (Å²) >= 11 is 0. The summed E-state index contributed by atoms with van der Waals surface area (Å²) in [6.07, 6.45) is 7.92. The number of rotatable bonds is 3. The number of H-pyrrole nitrogens is 1. The average Bonchev–Trinajstić information content (AvgIpc) is 3.17. The number of hydrogen-bond acceptors (Lipinski definition) is 4. The molecule has 128 valence electrons. The number of aryl methyl sites for hydroxylation is 1. The Morgan fingerprint density at radius 1 is 1.20 bits per heavy atom. The Morgan fingerprint density at radius 2 is 2.08 bits per heavy atom. The van der Waals surface area contributed by atoms with Crippen molar-refractivity contribution in [2.45, 2.75) is 32.1 Å². The van der Waals surface area contributed by atoms with Crippen LogP contribution in [0.4, 0.5) is 10.2 Å². The van der Waals surface area contributed by atoms with Gasteiger partial charge in [0.1, 0.15) is 5.82 Å². The van der Waals surface area contributed by atoms with Crippen molar-refractivity contribution >= 4 is 11.7 Å². The molecule has 3 aromatic rings. The Kier molecular flexibility index (Phi) is 4.01. The number of aromatic nitrogens is 5. The van der Waals surface area contributed by atoms with Crippen LogP contribution in [0.25, 0.3) is 5.82 Å². The molecule has 3 aromatic heterocycles. The standard InChI is InChI=1S/C17H17FN6O/c18-11-6-7-15(19-10-11)24-9-8-14(23-24)20-17(25)16-12-4-2-1-3-5-13(12)21-22-16/h6-10H,1-5H2,(H,21,22)(H,20,23,25). The molecule has 8 heteroatoms. The summed E-state index contributed by atoms with van der Waals surface area (Å²) in [6, 6.07) is 4.48. The van der Waals surface area contributed by atoms with Gasteiger partial charge in [-0.15, -0.1) is 5.10 Å². The zero-order valence-corrected chi connectivity index (χ0v) is 13.5. The summed E-state index contributed by atoms with van der Waals surface area (Å²) in [6.45, 7) is 0. The predicted molar refractivity (Wildman–Crippen MR) is 89.1 cm³/mol. The Bertz CT molecular complexity index is 898. The number of fused-ring (bicyclic) bond motifs is 1. The van der Waals surface area contributed by atoms with Gasteiger partial charge >= 0.3 is 0 Å². The van der Waals surface area contributed by atoms with E-state index in [4.69, 9.17) is 0 Å². The summed E-state index contributed by atoms with van der Waals surface area (Å²) in [7, 11) is 0. The smallest absolute Gasteiger partial charge is 0.277 e. The van der Waals surface area contributed by atoms with Crippen LogP contribution in [0.2, 0.25) is 0 Å². The van der Waals surface area contributed by atoms with E-state index in [9.17, 15) is 9.18 Å². The molecule has 1 amide bonds. The van der Waals surface area contributed by atoms with Crippen molar-refractivity contribution in [3.8, 4) is 5.82 Å². The van der Waals surface area contributed by atoms with Gasteiger partial charge in [-0.1, -0.05) is 6.42 Å². The van der Waals surface area contributed by atoms with Crippen molar-refractivity contribution in [2.24, 2.45) is 0 Å². The SMILES string of the molecule is O=C(Nc1ccn(-c2ccc(F)cn2)n1)c1n[nH]c2c1CCCCC2. The maximum Gasteiger partial charge on any atom is 0.277 e. The summed E-state index contributed by atoms with van der Waals surface area (Å²) in [5, 5.41) is 14.2. The highest BCUT2D eigenvalue weighted by molar-refractivity contribution is 6.03. The second kappa shape index (κ2) is 6.46. The van der Waals surface area contributed by atoms with Crippen molar-refractivity contribution in [2.75, 3.05) is 5.32 Å². The van der Waals surface area contributed by atoms with Crippen LogP contribution in [0.3, 0.4) is 0 Å². The van der Waals surface area contributed by atoms with E-state index in [0.717, 1.165) is 43.1 Å². The highest BCUT2D eigenvalue weighted by atomic mass is 19.1. The Balaban J connectivity index is 1.52. The van der Waals surface area contributed by atoms with Gasteiger partial charge in [0.05, 0.1) is 6.20 Å². The molecule has 0 bridgehead atoms. The lowest BCUT2D eigenvalue weighted by molar-refractivity contribution is 0.102. The summed E-state index contributed by atoms with van der Waals surface area (Å²) in [5.41, 5.74) is 2.50. The molecule has 0 spiro atoms. The van der Waals surface area contributed by atoms with E-state index in [1.54, 1.807) is 12.3 Å². The average molecular weight is 340 g/mol. The molecule has 1 aliphatic carbocycles. The lowest BCUT2D eigenvalue weighted by Gasteiger charge is -2.03. The number of nitrogens with one attached hydrogen (secondary N) is 2. The molecule has 0 radical (unpaired) electrons. The fourth-order valence-corrected chi connectivity index (χ4v) is 3.04. The molecule has 0 aliphatic heterocycles. The second-order valence-electron chi connectivity index (χ2n) is 6.02. The maximum atomic E-state index is 12.9. The minimum absolute atomic E-state index is 0.281. The number of carbonyl (C=O) groups excluding carboxylic acids is 1. The van der Waals surface area contributed by atoms with Crippen molar-refractivity contribution in [3.05, 3.63) is 53.4 Å². The van der Waals surface area contributed by atoms with Gasteiger partial charge in [0.15, 0.2) is 17.3 Å². The molecular formula is C17H17FN6O. The molecule has 0 atom stereocenters. The van der Waals surface area contributed by atoms with Gasteiger partial charge in [0.25, 0.3) is 5.91 Å². The summed E-state index contributed by atoms with van der Waals surface area (Å²) in [5.74, 6) is 0.164. The Labute approximate surface area is 143 Å². The van der Waals surface area contributed by atoms with Crippen LogP contribution in [0.15, 0.2) is 30.6 Å². The molecule has 0 aromatic carbocycles. The van der Waals surface area contributed by atoms with Gasteiger partial charge in [-0.05, 0) is 37.8 Å². The van der Waals surface area contributed by atoms with Gasteiger partial charge in [-0.2, -0.15) is 5.10 Å². The number of nitrogens with zero attached hydrogens (tertiary/aromatic N) is 4. The number of carbonyl (C=O) groups is 1. The van der Waals surface area contributed by atoms with Crippen LogP contribution >= 0.6 is 0 Å². The van der Waals surface area contributed by atoms with Crippen LogP contribution < -0.4 is 5.32 Å². The van der Waals surface area contributed by atoms with Gasteiger partial charge < -0.3 is 5.32 Å². The first-order valence-corrected chi connectivity index (χ1v) is 8.26. The molecule has 1 aliphatic rings. The first-order valence-electron chi connectivity index (χ1n) is 8.26. The summed E-state index contributed by atoms with van der Waals surface area (Å²) in [4.78, 5) is 16.5. The molecule has 25 heavy (non-hydrogen) atoms. The Morgan fingerprint density at radius 3 is 2.92 bits per heavy atom. The zero-order chi connectivity index (χ0) is 17.2. The number of halogens is 1. The molecule has 0 unspecified atom stereocenters. The van der Waals surface area contributed by atoms with Gasteiger partial charge in [0.2, 0.25) is 0 Å². The fraction of sp³-hybridized carbons (Fsp3) is 0.294. The van der Waals surface area contributed by atoms with Crippen molar-refractivity contribution in [1.29, 1.82) is 0 Å². The third-order valence-electron chi connectivity index (χ3n) is 4.30. The number of hydrogen-bond donors (Lipinski definition) is 2. The van der Waals surface area contributed by atoms with Crippen molar-refractivity contribution in [1.82, 2.24) is 25.0 Å². The number of pyridine rings is 1. The molecule has 0 saturated heterocycles. The zero-order valence-electron chi connectivity index (χ0n) is 13.5. The van der Waals surface area contributed by atoms with Gasteiger partial charge in [-0.25, -0.2) is 14.1 Å². The molecule has 7 nitrogen and oxygen atoms in total. The van der Waals surface area contributed by atoms with Crippen LogP contribution in [0, 0.1) is 5.82 Å². The molecule has 2 N–H and O–H groups in total. The maximum absolute atomic E-state index is 12.9. The van der Waals surface area contributed by atoms with Gasteiger partial charge in [0, 0.05) is 23.5 Å². The lowest BCUT2D eigenvalue weighted by atomic mass is 10.1. The highest BCUT2D eigenvalue weighted by Crippen LogP contribution is 2.22. The van der Waals surface area contributed by atoms with Crippen LogP contribution in [-0.2, 0) is 12.8 Å². The van der Waals surface area contributed by atoms with Crippen molar-refractivity contribution < 1.29 is 9.18 Å². The number of aromatic amines is 1. The predicted octanol–water partition coefficient (Wildman–Crippen LogP) is 2.65. The highest BCUT2D eigenvalue weighted by Gasteiger charge is 2.21.